The lowest BCUT2D eigenvalue weighted by atomic mass is 10.0. The quantitative estimate of drug-likeness (QED) is 0.428. The van der Waals surface area contributed by atoms with Crippen molar-refractivity contribution in [1.82, 2.24) is 25.1 Å². The third-order valence-corrected chi connectivity index (χ3v) is 6.47. The lowest BCUT2D eigenvalue weighted by Gasteiger charge is -2.40. The van der Waals surface area contributed by atoms with Crippen LogP contribution in [0.25, 0.3) is 0 Å². The van der Waals surface area contributed by atoms with Gasteiger partial charge in [0.25, 0.3) is 11.5 Å². The van der Waals surface area contributed by atoms with Crippen molar-refractivity contribution in [1.29, 1.82) is 0 Å². The Morgan fingerprint density at radius 3 is 2.41 bits per heavy atom. The molecule has 2 aromatic rings. The molecule has 2 saturated heterocycles. The fraction of sp³-hybridized carbons (Fsp3) is 0.591. The number of likely N-dealkylation sites (tertiary alicyclic amines) is 1. The summed E-state index contributed by atoms with van der Waals surface area (Å²) in [5, 5.41) is 18.4. The molecule has 0 bridgehead atoms. The zero-order chi connectivity index (χ0) is 28.5. The van der Waals surface area contributed by atoms with E-state index in [-0.39, 0.29) is 38.1 Å². The average Bonchev–Trinajstić information content (AvgIpc) is 3.21. The molecule has 214 valence electrons. The molecule has 0 aliphatic carbocycles. The number of aliphatic hydroxyl groups excluding tert-OH is 1. The van der Waals surface area contributed by atoms with Crippen LogP contribution < -0.4 is 15.8 Å². The summed E-state index contributed by atoms with van der Waals surface area (Å²) in [6.07, 6.45) is -8.62. The van der Waals surface area contributed by atoms with Gasteiger partial charge in [-0.05, 0) is 13.3 Å². The van der Waals surface area contributed by atoms with E-state index in [1.165, 1.54) is 16.7 Å². The number of carbonyl (C=O) groups is 1. The molecule has 3 N–H and O–H groups in total. The molecule has 2 fully saturated rings. The number of hydrogen-bond donors (Lipinski definition) is 3. The van der Waals surface area contributed by atoms with Crippen molar-refractivity contribution in [3.05, 3.63) is 40.1 Å². The monoisotopic (exact) mass is 565 g/mol. The van der Waals surface area contributed by atoms with Gasteiger partial charge in [-0.15, -0.1) is 0 Å². The summed E-state index contributed by atoms with van der Waals surface area (Å²) in [7, 11) is 0. The van der Waals surface area contributed by atoms with Crippen molar-refractivity contribution in [2.45, 2.75) is 56.4 Å². The maximum atomic E-state index is 13.2. The Morgan fingerprint density at radius 2 is 1.79 bits per heavy atom. The first-order chi connectivity index (χ1) is 18.3. The molecular weight excluding hydrogens is 540 g/mol. The van der Waals surface area contributed by atoms with Crippen molar-refractivity contribution in [3.8, 4) is 0 Å². The number of carbonyl (C=O) groups excluding carboxylic acids is 1. The van der Waals surface area contributed by atoms with E-state index in [2.05, 4.69) is 20.4 Å². The van der Waals surface area contributed by atoms with E-state index in [0.29, 0.717) is 25.2 Å². The Bertz CT molecular complexity index is 1220. The van der Waals surface area contributed by atoms with Crippen molar-refractivity contribution in [2.24, 2.45) is 0 Å². The number of halogens is 6. The highest BCUT2D eigenvalue weighted by Gasteiger charge is 2.42. The molecule has 0 unspecified atom stereocenters. The number of piperidine rings is 1. The summed E-state index contributed by atoms with van der Waals surface area (Å²) in [6, 6.07) is -1.28. The molecule has 0 aromatic carbocycles. The van der Waals surface area contributed by atoms with Gasteiger partial charge in [-0.25, -0.2) is 15.1 Å². The number of aromatic nitrogens is 4. The fourth-order valence-corrected chi connectivity index (χ4v) is 4.61. The topological polar surface area (TPSA) is 137 Å². The van der Waals surface area contributed by atoms with E-state index in [4.69, 9.17) is 4.74 Å². The van der Waals surface area contributed by atoms with Gasteiger partial charge in [0.15, 0.2) is 0 Å². The van der Waals surface area contributed by atoms with Crippen molar-refractivity contribution >= 4 is 17.5 Å². The first kappa shape index (κ1) is 28.5. The number of ether oxygens (including phenoxy) is 1. The highest BCUT2D eigenvalue weighted by Crippen LogP contribution is 2.32. The zero-order valence-corrected chi connectivity index (χ0v) is 20.5. The van der Waals surface area contributed by atoms with Crippen LogP contribution in [0.3, 0.4) is 0 Å². The predicted molar refractivity (Wildman–Crippen MR) is 123 cm³/mol. The van der Waals surface area contributed by atoms with Crippen LogP contribution in [0.1, 0.15) is 30.9 Å². The van der Waals surface area contributed by atoms with Crippen LogP contribution in [0, 0.1) is 0 Å². The second-order valence-electron chi connectivity index (χ2n) is 9.31. The van der Waals surface area contributed by atoms with E-state index in [0.717, 1.165) is 6.20 Å². The minimum Gasteiger partial charge on any atom is -0.389 e. The molecule has 0 spiro atoms. The summed E-state index contributed by atoms with van der Waals surface area (Å²) in [6.45, 7) is 1.93. The van der Waals surface area contributed by atoms with E-state index in [1.54, 1.807) is 5.10 Å². The number of nitrogens with one attached hydrogen (secondary N) is 2. The molecule has 1 amide bonds. The maximum Gasteiger partial charge on any atom is 0.423 e. The molecule has 4 atom stereocenters. The number of hydrogen-bond acceptors (Lipinski definition) is 9. The van der Waals surface area contributed by atoms with Crippen LogP contribution in [0.2, 0.25) is 0 Å². The molecule has 0 saturated carbocycles. The molecule has 11 nitrogen and oxygen atoms in total. The standard InChI is InChI=1S/C22H25F6N7O4/c1-11(32-13-8-31-33-18(37)17(13)22(26,27)28)10-39-16-3-5-35(19(16)38)14-2-4-34(9-15(14)36)20-29-6-12(7-30-20)21(23,24)25/h6-8,11,14-16,36H,2-5,9-10H2,1H3,(H2,32,33,37)/t11-,14+,15-,16+/m0/s1. The number of anilines is 2. The summed E-state index contributed by atoms with van der Waals surface area (Å²) >= 11 is 0. The SMILES string of the molecule is C[C@@H](CO[C@@H]1CCN([C@@H]2CCN(c3ncc(C(F)(F)F)cn3)C[C@@H]2O)C1=O)Nc1cn[nH]c(=O)c1C(F)(F)F. The Balaban J connectivity index is 1.30. The molecule has 2 aliphatic rings. The maximum absolute atomic E-state index is 13.2. The number of aliphatic hydroxyl groups is 1. The van der Waals surface area contributed by atoms with Crippen molar-refractivity contribution in [2.75, 3.05) is 36.5 Å². The van der Waals surface area contributed by atoms with Gasteiger partial charge in [0.1, 0.15) is 11.7 Å². The van der Waals surface area contributed by atoms with Crippen LogP contribution in [0.4, 0.5) is 38.0 Å². The van der Waals surface area contributed by atoms with Gasteiger partial charge in [0.2, 0.25) is 5.95 Å². The number of β-amino-alcohol motifs (C(OH)–C–C–N with tert-alkyl or cyclic N) is 1. The van der Waals surface area contributed by atoms with Crippen LogP contribution in [0.5, 0.6) is 0 Å². The number of amides is 1. The second-order valence-corrected chi connectivity index (χ2v) is 9.31. The summed E-state index contributed by atoms with van der Waals surface area (Å²) in [5.41, 5.74) is -4.32. The Morgan fingerprint density at radius 1 is 1.10 bits per heavy atom. The Hall–Kier alpha value is -3.47. The second kappa shape index (κ2) is 11.0. The first-order valence-electron chi connectivity index (χ1n) is 11.9. The number of nitrogens with zero attached hydrogens (tertiary/aromatic N) is 5. The van der Waals surface area contributed by atoms with Gasteiger partial charge in [0.05, 0.1) is 36.2 Å². The largest absolute Gasteiger partial charge is 0.423 e. The van der Waals surface area contributed by atoms with Crippen molar-refractivity contribution in [3.63, 3.8) is 0 Å². The Labute approximate surface area is 217 Å². The van der Waals surface area contributed by atoms with Gasteiger partial charge in [-0.3, -0.25) is 9.59 Å². The summed E-state index contributed by atoms with van der Waals surface area (Å²) in [5.74, 6) is -0.362. The minimum atomic E-state index is -4.91. The summed E-state index contributed by atoms with van der Waals surface area (Å²) < 4.78 is 83.6. The van der Waals surface area contributed by atoms with Crippen LogP contribution in [-0.2, 0) is 21.9 Å². The van der Waals surface area contributed by atoms with Crippen LogP contribution >= 0.6 is 0 Å². The fourth-order valence-electron chi connectivity index (χ4n) is 4.61. The van der Waals surface area contributed by atoms with Gasteiger partial charge in [0, 0.05) is 44.5 Å². The highest BCUT2D eigenvalue weighted by atomic mass is 19.4. The normalized spacial score (nSPS) is 23.3. The molecule has 39 heavy (non-hydrogen) atoms. The van der Waals surface area contributed by atoms with Gasteiger partial charge in [-0.2, -0.15) is 31.4 Å². The number of H-pyrrole nitrogens is 1. The van der Waals surface area contributed by atoms with E-state index >= 15 is 0 Å². The molecule has 4 heterocycles. The molecule has 4 rings (SSSR count). The third-order valence-electron chi connectivity index (χ3n) is 6.47. The average molecular weight is 565 g/mol. The lowest BCUT2D eigenvalue weighted by molar-refractivity contribution is -0.141. The number of alkyl halides is 6. The summed E-state index contributed by atoms with van der Waals surface area (Å²) in [4.78, 5) is 35.0. The molecule has 2 aromatic heterocycles. The lowest BCUT2D eigenvalue weighted by Crippen LogP contribution is -2.55. The Kier molecular flexibility index (Phi) is 8.02. The molecule has 17 heteroatoms. The van der Waals surface area contributed by atoms with Gasteiger partial charge >= 0.3 is 12.4 Å². The minimum absolute atomic E-state index is 0.00191. The van der Waals surface area contributed by atoms with E-state index in [9.17, 15) is 41.0 Å². The molecule has 0 radical (unpaired) electrons. The van der Waals surface area contributed by atoms with E-state index in [1.807, 2.05) is 0 Å². The number of aromatic amines is 1. The molecule has 2 aliphatic heterocycles. The third kappa shape index (κ3) is 6.41. The highest BCUT2D eigenvalue weighted by molar-refractivity contribution is 5.83. The van der Waals surface area contributed by atoms with E-state index < -0.39 is 59.0 Å². The first-order valence-corrected chi connectivity index (χ1v) is 11.9. The zero-order valence-electron chi connectivity index (χ0n) is 20.5. The van der Waals surface area contributed by atoms with Crippen molar-refractivity contribution < 1.29 is 41.0 Å². The predicted octanol–water partition coefficient (Wildman–Crippen LogP) is 1.66. The van der Waals surface area contributed by atoms with Gasteiger partial charge in [-0.1, -0.05) is 0 Å². The van der Waals surface area contributed by atoms with Crippen LogP contribution in [-0.4, -0.2) is 86.6 Å². The van der Waals surface area contributed by atoms with Gasteiger partial charge < -0.3 is 25.0 Å². The smallest absolute Gasteiger partial charge is 0.389 e. The molecular formula is C22H25F6N7O4. The van der Waals surface area contributed by atoms with Crippen LogP contribution in [0.15, 0.2) is 23.4 Å². The number of rotatable bonds is 7.